The molecule has 3 nitrogen and oxygen atoms in total. The lowest BCUT2D eigenvalue weighted by molar-refractivity contribution is 0.0680. The lowest BCUT2D eigenvalue weighted by atomic mass is 9.90. The van der Waals surface area contributed by atoms with Gasteiger partial charge in [-0.05, 0) is 24.5 Å². The zero-order valence-electron chi connectivity index (χ0n) is 8.48. The maximum atomic E-state index is 11.0. The number of aromatic carboxylic acids is 1. The minimum Gasteiger partial charge on any atom is -0.478 e. The maximum absolute atomic E-state index is 11.0. The molecule has 0 aliphatic carbocycles. The first-order valence-electron chi connectivity index (χ1n) is 5.19. The van der Waals surface area contributed by atoms with E-state index in [2.05, 4.69) is 0 Å². The van der Waals surface area contributed by atoms with Crippen molar-refractivity contribution < 1.29 is 14.6 Å². The largest absolute Gasteiger partial charge is 0.478 e. The van der Waals surface area contributed by atoms with Gasteiger partial charge in [0, 0.05) is 12.5 Å². The van der Waals surface area contributed by atoms with Gasteiger partial charge in [-0.1, -0.05) is 18.2 Å². The van der Waals surface area contributed by atoms with Crippen LogP contribution in [0.2, 0.25) is 0 Å². The van der Waals surface area contributed by atoms with Crippen molar-refractivity contribution in [2.24, 2.45) is 0 Å². The molecule has 80 valence electrons. The average molecular weight is 206 g/mol. The summed E-state index contributed by atoms with van der Waals surface area (Å²) in [6, 6.07) is 7.20. The molecule has 1 heterocycles. The SMILES string of the molecule is O=C(O)c1ccccc1C1CCCOC1. The van der Waals surface area contributed by atoms with Gasteiger partial charge in [0.15, 0.2) is 0 Å². The Morgan fingerprint density at radius 1 is 1.40 bits per heavy atom. The quantitative estimate of drug-likeness (QED) is 0.807. The van der Waals surface area contributed by atoms with Crippen LogP contribution >= 0.6 is 0 Å². The number of hydrogen-bond acceptors (Lipinski definition) is 2. The van der Waals surface area contributed by atoms with Gasteiger partial charge in [-0.2, -0.15) is 0 Å². The monoisotopic (exact) mass is 206 g/mol. The van der Waals surface area contributed by atoms with Crippen LogP contribution in [-0.4, -0.2) is 24.3 Å². The Labute approximate surface area is 88.7 Å². The molecule has 0 bridgehead atoms. The van der Waals surface area contributed by atoms with Crippen LogP contribution in [0.1, 0.15) is 34.7 Å². The Balaban J connectivity index is 2.29. The number of benzene rings is 1. The number of carboxylic acid groups (broad SMARTS) is 1. The predicted molar refractivity (Wildman–Crippen MR) is 56.2 cm³/mol. The highest BCUT2D eigenvalue weighted by Gasteiger charge is 2.20. The Kier molecular flexibility index (Phi) is 3.02. The highest BCUT2D eigenvalue weighted by atomic mass is 16.5. The van der Waals surface area contributed by atoms with Gasteiger partial charge in [0.1, 0.15) is 0 Å². The standard InChI is InChI=1S/C12H14O3/c13-12(14)11-6-2-1-5-10(11)9-4-3-7-15-8-9/h1-2,5-6,9H,3-4,7-8H2,(H,13,14). The first-order valence-corrected chi connectivity index (χ1v) is 5.19. The second-order valence-corrected chi connectivity index (χ2v) is 3.81. The van der Waals surface area contributed by atoms with E-state index in [-0.39, 0.29) is 5.92 Å². The summed E-state index contributed by atoms with van der Waals surface area (Å²) in [6.45, 7) is 1.44. The Morgan fingerprint density at radius 2 is 2.20 bits per heavy atom. The molecule has 1 aliphatic heterocycles. The summed E-state index contributed by atoms with van der Waals surface area (Å²) in [7, 11) is 0. The van der Waals surface area contributed by atoms with Crippen LogP contribution in [0.25, 0.3) is 0 Å². The molecule has 1 fully saturated rings. The minimum absolute atomic E-state index is 0.242. The van der Waals surface area contributed by atoms with E-state index in [9.17, 15) is 4.79 Å². The average Bonchev–Trinajstić information content (AvgIpc) is 2.30. The molecule has 1 unspecified atom stereocenters. The molecule has 2 rings (SSSR count). The van der Waals surface area contributed by atoms with Crippen molar-refractivity contribution in [3.8, 4) is 0 Å². The summed E-state index contributed by atoms with van der Waals surface area (Å²) in [5, 5.41) is 9.06. The lowest BCUT2D eigenvalue weighted by Crippen LogP contribution is -2.18. The van der Waals surface area contributed by atoms with E-state index in [1.165, 1.54) is 0 Å². The van der Waals surface area contributed by atoms with E-state index in [0.717, 1.165) is 25.0 Å². The molecule has 1 atom stereocenters. The Bertz CT molecular complexity index is 354. The third kappa shape index (κ3) is 2.18. The van der Waals surface area contributed by atoms with Crippen LogP contribution in [0.4, 0.5) is 0 Å². The first kappa shape index (κ1) is 10.2. The van der Waals surface area contributed by atoms with Crippen molar-refractivity contribution in [2.75, 3.05) is 13.2 Å². The normalized spacial score (nSPS) is 21.2. The summed E-state index contributed by atoms with van der Waals surface area (Å²) in [5.74, 6) is -0.609. The molecular weight excluding hydrogens is 192 g/mol. The van der Waals surface area contributed by atoms with Crippen LogP contribution in [0, 0.1) is 0 Å². The molecule has 1 N–H and O–H groups in total. The fourth-order valence-corrected chi connectivity index (χ4v) is 2.03. The number of ether oxygens (including phenoxy) is 1. The third-order valence-electron chi connectivity index (χ3n) is 2.79. The van der Waals surface area contributed by atoms with Crippen molar-refractivity contribution in [1.82, 2.24) is 0 Å². The summed E-state index contributed by atoms with van der Waals surface area (Å²) < 4.78 is 5.38. The molecule has 15 heavy (non-hydrogen) atoms. The summed E-state index contributed by atoms with van der Waals surface area (Å²) >= 11 is 0. The van der Waals surface area contributed by atoms with Crippen LogP contribution in [0.3, 0.4) is 0 Å². The zero-order valence-corrected chi connectivity index (χ0v) is 8.48. The highest BCUT2D eigenvalue weighted by molar-refractivity contribution is 5.89. The van der Waals surface area contributed by atoms with Crippen LogP contribution in [0.5, 0.6) is 0 Å². The van der Waals surface area contributed by atoms with Gasteiger partial charge in [-0.15, -0.1) is 0 Å². The molecular formula is C12H14O3. The molecule has 0 radical (unpaired) electrons. The van der Waals surface area contributed by atoms with E-state index in [1.807, 2.05) is 12.1 Å². The lowest BCUT2D eigenvalue weighted by Gasteiger charge is -2.23. The second kappa shape index (κ2) is 4.45. The molecule has 0 aromatic heterocycles. The third-order valence-corrected chi connectivity index (χ3v) is 2.79. The highest BCUT2D eigenvalue weighted by Crippen LogP contribution is 2.27. The second-order valence-electron chi connectivity index (χ2n) is 3.81. The molecule has 1 aliphatic rings. The van der Waals surface area contributed by atoms with Gasteiger partial charge >= 0.3 is 5.97 Å². The molecule has 1 saturated heterocycles. The van der Waals surface area contributed by atoms with Crippen molar-refractivity contribution in [3.63, 3.8) is 0 Å². The fourth-order valence-electron chi connectivity index (χ4n) is 2.03. The summed E-state index contributed by atoms with van der Waals surface area (Å²) in [6.07, 6.45) is 2.03. The van der Waals surface area contributed by atoms with E-state index < -0.39 is 5.97 Å². The van der Waals surface area contributed by atoms with Crippen molar-refractivity contribution in [3.05, 3.63) is 35.4 Å². The number of carboxylic acids is 1. The number of hydrogen-bond donors (Lipinski definition) is 1. The van der Waals surface area contributed by atoms with Crippen molar-refractivity contribution in [1.29, 1.82) is 0 Å². The molecule has 0 saturated carbocycles. The van der Waals surface area contributed by atoms with Crippen LogP contribution < -0.4 is 0 Å². The summed E-state index contributed by atoms with van der Waals surface area (Å²) in [4.78, 5) is 11.0. The smallest absolute Gasteiger partial charge is 0.335 e. The first-order chi connectivity index (χ1) is 7.29. The fraction of sp³-hybridized carbons (Fsp3) is 0.417. The van der Waals surface area contributed by atoms with E-state index in [1.54, 1.807) is 12.1 Å². The molecule has 0 amide bonds. The molecule has 1 aromatic rings. The number of rotatable bonds is 2. The van der Waals surface area contributed by atoms with Crippen LogP contribution in [0.15, 0.2) is 24.3 Å². The summed E-state index contributed by atoms with van der Waals surface area (Å²) in [5.41, 5.74) is 1.32. The van der Waals surface area contributed by atoms with Gasteiger partial charge in [0.25, 0.3) is 0 Å². The van der Waals surface area contributed by atoms with Crippen LogP contribution in [-0.2, 0) is 4.74 Å². The van der Waals surface area contributed by atoms with Gasteiger partial charge in [-0.25, -0.2) is 4.79 Å². The van der Waals surface area contributed by atoms with Gasteiger partial charge in [0.2, 0.25) is 0 Å². The minimum atomic E-state index is -0.851. The van der Waals surface area contributed by atoms with Gasteiger partial charge in [-0.3, -0.25) is 0 Å². The zero-order chi connectivity index (χ0) is 10.7. The Morgan fingerprint density at radius 3 is 2.87 bits per heavy atom. The van der Waals surface area contributed by atoms with E-state index in [0.29, 0.717) is 12.2 Å². The maximum Gasteiger partial charge on any atom is 0.335 e. The Hall–Kier alpha value is -1.35. The number of carbonyl (C=O) groups is 1. The van der Waals surface area contributed by atoms with Crippen molar-refractivity contribution in [2.45, 2.75) is 18.8 Å². The van der Waals surface area contributed by atoms with Gasteiger partial charge < -0.3 is 9.84 Å². The van der Waals surface area contributed by atoms with E-state index >= 15 is 0 Å². The predicted octanol–water partition coefficient (Wildman–Crippen LogP) is 2.28. The molecule has 1 aromatic carbocycles. The van der Waals surface area contributed by atoms with E-state index in [4.69, 9.17) is 9.84 Å². The topological polar surface area (TPSA) is 46.5 Å². The van der Waals surface area contributed by atoms with Gasteiger partial charge in [0.05, 0.1) is 12.2 Å². The molecule has 3 heteroatoms. The molecule has 0 spiro atoms. The van der Waals surface area contributed by atoms with Crippen molar-refractivity contribution >= 4 is 5.97 Å².